The fourth-order valence-corrected chi connectivity index (χ4v) is 9.57. The van der Waals surface area contributed by atoms with Crippen LogP contribution in [0.2, 0.25) is 0 Å². The molecule has 3 aliphatic rings. The lowest BCUT2D eigenvalue weighted by Gasteiger charge is -2.45. The predicted octanol–water partition coefficient (Wildman–Crippen LogP) is 11.6. The topological polar surface area (TPSA) is 9.72 Å². The molecule has 0 N–H and O–H groups in total. The average Bonchev–Trinajstić information content (AvgIpc) is 3.50. The normalized spacial score (nSPS) is 13.7. The van der Waals surface area contributed by atoms with Crippen molar-refractivity contribution in [3.63, 3.8) is 0 Å². The van der Waals surface area contributed by atoms with E-state index >= 15 is 0 Å². The Morgan fingerprint density at radius 2 is 1.04 bits per heavy atom. The van der Waals surface area contributed by atoms with Crippen LogP contribution in [0.1, 0.15) is 18.4 Å². The molecule has 0 aromatic heterocycles. The zero-order valence-corrected chi connectivity index (χ0v) is 31.2. The quantitative estimate of drug-likeness (QED) is 0.159. The third-order valence-corrected chi connectivity index (χ3v) is 12.0. The maximum absolute atomic E-state index is 2.70. The van der Waals surface area contributed by atoms with E-state index in [2.05, 4.69) is 209 Å². The zero-order chi connectivity index (χ0) is 37.0. The molecule has 0 atom stereocenters. The summed E-state index contributed by atoms with van der Waals surface area (Å²) < 4.78 is 0. The lowest BCUT2D eigenvalue weighted by atomic mass is 9.33. The van der Waals surface area contributed by atoms with Crippen LogP contribution in [0.15, 0.2) is 194 Å². The Morgan fingerprint density at radius 1 is 0.446 bits per heavy atom. The molecule has 0 radical (unpaired) electrons. The van der Waals surface area contributed by atoms with Gasteiger partial charge < -0.3 is 14.7 Å². The van der Waals surface area contributed by atoms with Crippen LogP contribution in [0.4, 0.5) is 45.5 Å². The fraction of sp³-hybridized carbons (Fsp3) is 0.0769. The SMILES string of the molecule is c1ccc(-c2ccc3c(c2)N(c2ccccc2)c2cc(N(c4ccccc4)c4ccccc4)cc4c2B3c2ccc(-c3ccccc3)c3c2N4CCCC3)cc1. The summed E-state index contributed by atoms with van der Waals surface area (Å²) in [5.74, 6) is 0. The van der Waals surface area contributed by atoms with Gasteiger partial charge in [0, 0.05) is 46.4 Å². The highest BCUT2D eigenvalue weighted by Crippen LogP contribution is 2.48. The van der Waals surface area contributed by atoms with Gasteiger partial charge in [0.1, 0.15) is 0 Å². The van der Waals surface area contributed by atoms with Gasteiger partial charge in [0.15, 0.2) is 0 Å². The van der Waals surface area contributed by atoms with Crippen LogP contribution in [0.3, 0.4) is 0 Å². The molecule has 3 heterocycles. The van der Waals surface area contributed by atoms with Crippen LogP contribution in [-0.4, -0.2) is 13.3 Å². The Hall–Kier alpha value is -6.78. The predicted molar refractivity (Wildman–Crippen MR) is 238 cm³/mol. The van der Waals surface area contributed by atoms with Gasteiger partial charge in [-0.3, -0.25) is 0 Å². The first-order valence-corrected chi connectivity index (χ1v) is 19.9. The summed E-state index contributed by atoms with van der Waals surface area (Å²) in [6, 6.07) is 71.5. The van der Waals surface area contributed by atoms with E-state index in [0.29, 0.717) is 0 Å². The molecule has 0 spiro atoms. The number of benzene rings is 8. The molecule has 0 bridgehead atoms. The van der Waals surface area contributed by atoms with E-state index in [1.807, 2.05) is 0 Å². The van der Waals surface area contributed by atoms with Crippen LogP contribution in [0.25, 0.3) is 22.3 Å². The van der Waals surface area contributed by atoms with Gasteiger partial charge in [-0.2, -0.15) is 0 Å². The van der Waals surface area contributed by atoms with Gasteiger partial charge in [-0.25, -0.2) is 0 Å². The third-order valence-electron chi connectivity index (χ3n) is 12.0. The Labute approximate surface area is 329 Å². The maximum Gasteiger partial charge on any atom is 0.252 e. The van der Waals surface area contributed by atoms with Crippen molar-refractivity contribution in [2.45, 2.75) is 19.3 Å². The minimum atomic E-state index is 0.0728. The largest absolute Gasteiger partial charge is 0.342 e. The van der Waals surface area contributed by atoms with Crippen molar-refractivity contribution < 1.29 is 0 Å². The highest BCUT2D eigenvalue weighted by atomic mass is 15.2. The molecule has 0 unspecified atom stereocenters. The second-order valence-electron chi connectivity index (χ2n) is 15.2. The van der Waals surface area contributed by atoms with Crippen molar-refractivity contribution >= 4 is 68.6 Å². The number of anilines is 8. The summed E-state index contributed by atoms with van der Waals surface area (Å²) in [6.07, 6.45) is 3.35. The molecule has 0 amide bonds. The van der Waals surface area contributed by atoms with Gasteiger partial charge in [-0.15, -0.1) is 0 Å². The summed E-state index contributed by atoms with van der Waals surface area (Å²) in [5, 5.41) is 0. The first-order chi connectivity index (χ1) is 27.8. The second kappa shape index (κ2) is 13.5. The molecule has 0 saturated heterocycles. The van der Waals surface area contributed by atoms with Crippen molar-refractivity contribution in [3.8, 4) is 22.3 Å². The smallest absolute Gasteiger partial charge is 0.252 e. The maximum atomic E-state index is 2.70. The van der Waals surface area contributed by atoms with Crippen molar-refractivity contribution in [3.05, 3.63) is 200 Å². The molecule has 56 heavy (non-hydrogen) atoms. The highest BCUT2D eigenvalue weighted by Gasteiger charge is 2.45. The first-order valence-electron chi connectivity index (χ1n) is 19.9. The zero-order valence-electron chi connectivity index (χ0n) is 31.2. The number of hydrogen-bond acceptors (Lipinski definition) is 3. The highest BCUT2D eigenvalue weighted by molar-refractivity contribution is 7.00. The van der Waals surface area contributed by atoms with Crippen LogP contribution >= 0.6 is 0 Å². The lowest BCUT2D eigenvalue weighted by Crippen LogP contribution is -2.62. The third kappa shape index (κ3) is 5.28. The van der Waals surface area contributed by atoms with Crippen molar-refractivity contribution in [1.29, 1.82) is 0 Å². The molecule has 266 valence electrons. The monoisotopic (exact) mass is 717 g/mol. The molecule has 3 nitrogen and oxygen atoms in total. The van der Waals surface area contributed by atoms with E-state index in [-0.39, 0.29) is 6.71 Å². The van der Waals surface area contributed by atoms with E-state index in [1.165, 1.54) is 67.0 Å². The molecule has 0 fully saturated rings. The molecule has 8 aromatic rings. The van der Waals surface area contributed by atoms with Gasteiger partial charge in [0.2, 0.25) is 0 Å². The number of para-hydroxylation sites is 3. The molecule has 3 aliphatic heterocycles. The van der Waals surface area contributed by atoms with Crippen LogP contribution in [0.5, 0.6) is 0 Å². The number of nitrogens with zero attached hydrogens (tertiary/aromatic N) is 3. The van der Waals surface area contributed by atoms with Gasteiger partial charge in [0.05, 0.1) is 5.69 Å². The van der Waals surface area contributed by atoms with Gasteiger partial charge in [-0.05, 0) is 118 Å². The lowest BCUT2D eigenvalue weighted by molar-refractivity contribution is 0.762. The standard InChI is InChI=1S/C52H40BN3/c1-6-18-37(19-7-1)39-29-31-46-48(34-39)56(42-26-14-5-15-27-42)50-36-43(55(40-22-10-3-11-23-40)41-24-12-4-13-25-41)35-49-51(50)53(46)47-32-30-44(38-20-8-2-9-21-38)45-28-16-17-33-54(49)52(45)47/h1-15,18-27,29-32,34-36H,16-17,28,33H2. The van der Waals surface area contributed by atoms with Crippen LogP contribution in [-0.2, 0) is 6.42 Å². The summed E-state index contributed by atoms with van der Waals surface area (Å²) in [7, 11) is 0. The van der Waals surface area contributed by atoms with E-state index in [4.69, 9.17) is 0 Å². The van der Waals surface area contributed by atoms with Crippen LogP contribution in [0, 0.1) is 0 Å². The molecule has 11 rings (SSSR count). The molecular weight excluding hydrogens is 677 g/mol. The van der Waals surface area contributed by atoms with Crippen molar-refractivity contribution in [2.75, 3.05) is 21.2 Å². The Morgan fingerprint density at radius 3 is 1.71 bits per heavy atom. The Bertz CT molecular complexity index is 2660. The van der Waals surface area contributed by atoms with E-state index in [9.17, 15) is 0 Å². The molecule has 8 aromatic carbocycles. The van der Waals surface area contributed by atoms with Gasteiger partial charge in [-0.1, -0.05) is 140 Å². The Balaban J connectivity index is 1.25. The molecule has 0 saturated carbocycles. The number of hydrogen-bond donors (Lipinski definition) is 0. The molecule has 4 heteroatoms. The van der Waals surface area contributed by atoms with Gasteiger partial charge in [0.25, 0.3) is 6.71 Å². The second-order valence-corrected chi connectivity index (χ2v) is 15.2. The number of fused-ring (bicyclic) bond motifs is 4. The minimum absolute atomic E-state index is 0.0728. The van der Waals surface area contributed by atoms with Crippen molar-refractivity contribution in [1.82, 2.24) is 0 Å². The van der Waals surface area contributed by atoms with Crippen LogP contribution < -0.4 is 31.1 Å². The summed E-state index contributed by atoms with van der Waals surface area (Å²) in [4.78, 5) is 7.67. The fourth-order valence-electron chi connectivity index (χ4n) is 9.57. The summed E-state index contributed by atoms with van der Waals surface area (Å²) in [6.45, 7) is 1.05. The van der Waals surface area contributed by atoms with E-state index < -0.39 is 0 Å². The average molecular weight is 718 g/mol. The van der Waals surface area contributed by atoms with Crippen molar-refractivity contribution in [2.24, 2.45) is 0 Å². The van der Waals surface area contributed by atoms with E-state index in [1.54, 1.807) is 0 Å². The summed E-state index contributed by atoms with van der Waals surface area (Å²) >= 11 is 0. The Kier molecular flexibility index (Phi) is 7.87. The molecular formula is C52H40BN3. The minimum Gasteiger partial charge on any atom is -0.342 e. The van der Waals surface area contributed by atoms with Gasteiger partial charge >= 0.3 is 0 Å². The first kappa shape index (κ1) is 32.6. The summed E-state index contributed by atoms with van der Waals surface area (Å²) in [5.41, 5.74) is 20.4. The molecule has 0 aliphatic carbocycles. The number of rotatable bonds is 6. The van der Waals surface area contributed by atoms with E-state index in [0.717, 1.165) is 48.6 Å².